The van der Waals surface area contributed by atoms with Crippen LogP contribution in [0, 0.1) is 33.0 Å². The molecule has 0 fully saturated rings. The molecule has 0 bridgehead atoms. The number of hydrogen-bond donors (Lipinski definition) is 0. The van der Waals surface area contributed by atoms with Crippen molar-refractivity contribution in [3.63, 3.8) is 0 Å². The minimum atomic E-state index is -6.00. The van der Waals surface area contributed by atoms with E-state index in [0.29, 0.717) is 0 Å². The smallest absolute Gasteiger partial charge is 0 e. The van der Waals surface area contributed by atoms with Crippen LogP contribution in [0.4, 0.5) is 17.3 Å². The van der Waals surface area contributed by atoms with Gasteiger partial charge in [0.25, 0.3) is 0 Å². The van der Waals surface area contributed by atoms with E-state index in [0.717, 1.165) is 0 Å². The van der Waals surface area contributed by atoms with E-state index in [9.17, 15) is 17.3 Å². The molecule has 103 valence electrons. The Kier molecular flexibility index (Phi) is 178. The van der Waals surface area contributed by atoms with Gasteiger partial charge in [0, 0.05) is 17.1 Å². The Morgan fingerprint density at radius 3 is 0.889 bits per heavy atom. The molecule has 0 aromatic carbocycles. The predicted octanol–water partition coefficient (Wildman–Crippen LogP) is 2.54. The molecule has 18 heavy (non-hydrogen) atoms. The van der Waals surface area contributed by atoms with Crippen molar-refractivity contribution in [2.45, 2.75) is 6.92 Å². The second-order valence-electron chi connectivity index (χ2n) is 1.06. The van der Waals surface area contributed by atoms with E-state index in [1.807, 2.05) is 13.3 Å². The third-order valence-electron chi connectivity index (χ3n) is 0.236. The van der Waals surface area contributed by atoms with Crippen LogP contribution < -0.4 is 0 Å². The molecule has 0 saturated carbocycles. The minimum absolute atomic E-state index is 0. The van der Waals surface area contributed by atoms with E-state index in [-0.39, 0.29) is 17.1 Å². The van der Waals surface area contributed by atoms with Gasteiger partial charge in [-0.1, -0.05) is 13.0 Å². The van der Waals surface area contributed by atoms with Gasteiger partial charge in [0.1, 0.15) is 0 Å². The molecule has 0 aromatic heterocycles. The summed E-state index contributed by atoms with van der Waals surface area (Å²) in [4.78, 5) is 0. The topological polar surface area (TPSA) is 79.6 Å². The largest absolute Gasteiger partial charge is 0 e. The van der Waals surface area contributed by atoms with Gasteiger partial charge in [-0.15, -0.1) is 6.58 Å². The first-order chi connectivity index (χ1) is 7.91. The van der Waals surface area contributed by atoms with Crippen LogP contribution in [0.1, 0.15) is 6.92 Å². The van der Waals surface area contributed by atoms with E-state index in [1.54, 1.807) is 6.08 Å². The van der Waals surface area contributed by atoms with Gasteiger partial charge in [-0.3, -0.25) is 0 Å². The van der Waals surface area contributed by atoms with Gasteiger partial charge in [-0.25, -0.2) is 0 Å². The first-order valence-electron chi connectivity index (χ1n) is 3.01. The summed E-state index contributed by atoms with van der Waals surface area (Å²) in [5.41, 5.74) is 0. The molecule has 0 N–H and O–H groups in total. The van der Waals surface area contributed by atoms with Crippen molar-refractivity contribution in [1.82, 2.24) is 0 Å². The first-order valence-corrected chi connectivity index (χ1v) is 3.01. The van der Waals surface area contributed by atoms with Crippen LogP contribution in [0.15, 0.2) is 12.7 Å². The molecule has 1 radical (unpaired) electrons. The Bertz CT molecular complexity index is 171. The van der Waals surface area contributed by atoms with Crippen molar-refractivity contribution in [1.29, 1.82) is 0 Å². The Morgan fingerprint density at radius 2 is 0.889 bits per heavy atom. The average Bonchev–Trinajstić information content (AvgIpc) is 2.36. The molecule has 0 atom stereocenters. The Balaban J connectivity index is -0.0000000170. The molecular formula is C8H7BF4FeO4-. The fraction of sp³-hybridized carbons (Fsp3) is 0.125. The third-order valence-corrected chi connectivity index (χ3v) is 0.236. The zero-order valence-corrected chi connectivity index (χ0v) is 10.0. The maximum absolute atomic E-state index is 9.75. The van der Waals surface area contributed by atoms with Crippen molar-refractivity contribution in [2.75, 3.05) is 0 Å². The van der Waals surface area contributed by atoms with Gasteiger partial charge >= 0.3 is 52.5 Å². The number of hydrogen-bond acceptors (Lipinski definition) is 0. The van der Waals surface area contributed by atoms with Crippen LogP contribution in [0.2, 0.25) is 0 Å². The quantitative estimate of drug-likeness (QED) is 0.309. The summed E-state index contributed by atoms with van der Waals surface area (Å²) in [5, 5.41) is 0. The molecule has 0 aliphatic rings. The van der Waals surface area contributed by atoms with Crippen LogP contribution in [-0.4, -0.2) is 7.25 Å². The van der Waals surface area contributed by atoms with E-state index in [4.69, 9.17) is 18.6 Å². The van der Waals surface area contributed by atoms with Crippen molar-refractivity contribution in [2.24, 2.45) is 0 Å². The van der Waals surface area contributed by atoms with Gasteiger partial charge < -0.3 is 17.3 Å². The van der Waals surface area contributed by atoms with Crippen molar-refractivity contribution < 1.29 is 52.9 Å². The predicted molar refractivity (Wildman–Crippen MR) is 46.1 cm³/mol. The molecule has 0 saturated heterocycles. The zero-order chi connectivity index (χ0) is 15.9. The summed E-state index contributed by atoms with van der Waals surface area (Å²) < 4.78 is 69.0. The fourth-order valence-corrected chi connectivity index (χ4v) is 0. The third kappa shape index (κ3) is 151000000. The van der Waals surface area contributed by atoms with Gasteiger partial charge in [0.05, 0.1) is 0 Å². The molecule has 0 unspecified atom stereocenters. The summed E-state index contributed by atoms with van der Waals surface area (Å²) in [6, 6.07) is 0. The van der Waals surface area contributed by atoms with Crippen molar-refractivity contribution in [3.05, 3.63) is 45.7 Å². The molecule has 0 spiro atoms. The Labute approximate surface area is 113 Å². The summed E-state index contributed by atoms with van der Waals surface area (Å²) in [6.07, 6.45) is 3.64. The minimum Gasteiger partial charge on any atom is 0 e. The summed E-state index contributed by atoms with van der Waals surface area (Å²) in [6.45, 7) is 23.4. The Morgan fingerprint density at radius 1 is 0.833 bits per heavy atom. The number of halogens is 4. The monoisotopic (exact) mass is 310 g/mol. The molecule has 0 heterocycles. The SMILES string of the molecule is C=C[CH]C.F[B-](F)(F)F.[C-]#[O+].[C-]#[O+].[C-]#[O+].[C-]#[O+].[Fe]. The molecule has 10 heteroatoms. The van der Waals surface area contributed by atoms with Crippen molar-refractivity contribution in [3.8, 4) is 0 Å². The van der Waals surface area contributed by atoms with Crippen molar-refractivity contribution >= 4 is 7.25 Å². The van der Waals surface area contributed by atoms with Crippen LogP contribution in [0.3, 0.4) is 0 Å². The number of allylic oxidation sites excluding steroid dienone is 1. The molecule has 0 aromatic rings. The molecule has 0 rings (SSSR count). The van der Waals surface area contributed by atoms with Crippen LogP contribution in [-0.2, 0) is 35.7 Å². The van der Waals surface area contributed by atoms with Gasteiger partial charge in [0.2, 0.25) is 0 Å². The maximum Gasteiger partial charge on any atom is 0 e. The van der Waals surface area contributed by atoms with E-state index >= 15 is 0 Å². The van der Waals surface area contributed by atoms with Crippen LogP contribution >= 0.6 is 0 Å². The second kappa shape index (κ2) is 73.4. The zero-order valence-electron chi connectivity index (χ0n) is 8.94. The molecule has 4 nitrogen and oxygen atoms in total. The van der Waals surface area contributed by atoms with Crippen LogP contribution in [0.5, 0.6) is 0 Å². The van der Waals surface area contributed by atoms with E-state index < -0.39 is 7.25 Å². The van der Waals surface area contributed by atoms with E-state index in [2.05, 4.69) is 33.2 Å². The molecule has 0 aliphatic carbocycles. The number of rotatable bonds is 1. The van der Waals surface area contributed by atoms with Gasteiger partial charge in [0.15, 0.2) is 0 Å². The Hall–Kier alpha value is -0.996. The second-order valence-corrected chi connectivity index (χ2v) is 1.06. The molecule has 0 aliphatic heterocycles. The standard InChI is InChI=1S/C4H7.4CO.BF4.Fe/c1-3-4-2;4*1-2;2-1(3,4)5;/h3-4H,1H2,2H3;;;;;;/q;;;;;-1;. The van der Waals surface area contributed by atoms with Crippen LogP contribution in [0.25, 0.3) is 0 Å². The van der Waals surface area contributed by atoms with Gasteiger partial charge in [-0.2, -0.15) is 0 Å². The summed E-state index contributed by atoms with van der Waals surface area (Å²) >= 11 is 0. The van der Waals surface area contributed by atoms with E-state index in [1.165, 1.54) is 0 Å². The normalized spacial score (nSPS) is 5.17. The summed E-state index contributed by atoms with van der Waals surface area (Å²) in [5.74, 6) is 0. The summed E-state index contributed by atoms with van der Waals surface area (Å²) in [7, 11) is -6.00. The molecular weight excluding hydrogens is 303 g/mol. The maximum atomic E-state index is 9.75. The molecule has 0 amide bonds. The fourth-order valence-electron chi connectivity index (χ4n) is 0. The van der Waals surface area contributed by atoms with Gasteiger partial charge in [-0.05, 0) is 6.42 Å². The first kappa shape index (κ1) is 43.5. The average molecular weight is 310 g/mol.